The Morgan fingerprint density at radius 2 is 2.05 bits per heavy atom. The molecule has 2 rings (SSSR count). The number of hydrogen-bond donors (Lipinski definition) is 1. The van der Waals surface area contributed by atoms with Crippen molar-refractivity contribution in [1.82, 2.24) is 14.8 Å². The lowest BCUT2D eigenvalue weighted by Gasteiger charge is -2.39. The first-order valence-corrected chi connectivity index (χ1v) is 7.73. The number of anilines is 1. The number of aryl methyl sites for hydroxylation is 1. The van der Waals surface area contributed by atoms with E-state index in [0.29, 0.717) is 24.3 Å². The fourth-order valence-corrected chi connectivity index (χ4v) is 2.88. The Balaban J connectivity index is 2.21. The van der Waals surface area contributed by atoms with Crippen LogP contribution in [0.5, 0.6) is 0 Å². The summed E-state index contributed by atoms with van der Waals surface area (Å²) in [6, 6.07) is 0.848. The number of aromatic nitrogens is 2. The molecule has 2 heterocycles. The summed E-state index contributed by atoms with van der Waals surface area (Å²) in [5.74, 6) is 0. The van der Waals surface area contributed by atoms with Crippen LogP contribution in [0.1, 0.15) is 46.5 Å². The Morgan fingerprint density at radius 3 is 2.65 bits per heavy atom. The second kappa shape index (κ2) is 6.59. The number of rotatable bonds is 4. The summed E-state index contributed by atoms with van der Waals surface area (Å²) in [5, 5.41) is 6.57. The van der Waals surface area contributed by atoms with Gasteiger partial charge in [0.1, 0.15) is 5.02 Å². The van der Waals surface area contributed by atoms with E-state index < -0.39 is 0 Å². The molecular formula is C14H23ClN4O. The van der Waals surface area contributed by atoms with Gasteiger partial charge in [0.25, 0.3) is 5.56 Å². The Kier molecular flexibility index (Phi) is 5.05. The molecule has 1 aliphatic rings. The zero-order valence-corrected chi connectivity index (χ0v) is 13.2. The van der Waals surface area contributed by atoms with E-state index >= 15 is 0 Å². The third-order valence-corrected chi connectivity index (χ3v) is 4.23. The number of nitrogens with one attached hydrogen (secondary N) is 1. The van der Waals surface area contributed by atoms with Crippen LogP contribution >= 0.6 is 11.6 Å². The van der Waals surface area contributed by atoms with Crippen molar-refractivity contribution in [3.05, 3.63) is 21.6 Å². The van der Waals surface area contributed by atoms with Crippen molar-refractivity contribution in [2.45, 2.75) is 65.1 Å². The largest absolute Gasteiger partial charge is 0.315 e. The zero-order chi connectivity index (χ0) is 14.7. The molecule has 1 aromatic rings. The van der Waals surface area contributed by atoms with Gasteiger partial charge < -0.3 is 5.43 Å². The molecule has 0 amide bonds. The predicted octanol–water partition coefficient (Wildman–Crippen LogP) is 2.90. The molecule has 0 radical (unpaired) electrons. The lowest BCUT2D eigenvalue weighted by Crippen LogP contribution is -2.47. The summed E-state index contributed by atoms with van der Waals surface area (Å²) in [6.45, 7) is 6.96. The summed E-state index contributed by atoms with van der Waals surface area (Å²) >= 11 is 6.19. The van der Waals surface area contributed by atoms with Crippen molar-refractivity contribution in [3.63, 3.8) is 0 Å². The van der Waals surface area contributed by atoms with E-state index in [-0.39, 0.29) is 10.6 Å². The van der Waals surface area contributed by atoms with Gasteiger partial charge in [-0.3, -0.25) is 4.79 Å². The second-order valence-corrected chi connectivity index (χ2v) is 5.93. The minimum Gasteiger partial charge on any atom is -0.315 e. The molecule has 1 aromatic heterocycles. The van der Waals surface area contributed by atoms with Gasteiger partial charge in [-0.25, -0.2) is 9.69 Å². The van der Waals surface area contributed by atoms with E-state index in [9.17, 15) is 4.79 Å². The third-order valence-electron chi connectivity index (χ3n) is 3.86. The highest BCUT2D eigenvalue weighted by atomic mass is 35.5. The fourth-order valence-electron chi connectivity index (χ4n) is 2.69. The van der Waals surface area contributed by atoms with Gasteiger partial charge in [0.2, 0.25) is 0 Å². The molecule has 2 atom stereocenters. The second-order valence-electron chi connectivity index (χ2n) is 5.55. The van der Waals surface area contributed by atoms with Crippen LogP contribution in [0.2, 0.25) is 5.02 Å². The molecule has 20 heavy (non-hydrogen) atoms. The van der Waals surface area contributed by atoms with Crippen molar-refractivity contribution < 1.29 is 0 Å². The average molecular weight is 299 g/mol. The van der Waals surface area contributed by atoms with Crippen LogP contribution in [-0.2, 0) is 6.54 Å². The summed E-state index contributed by atoms with van der Waals surface area (Å²) in [4.78, 5) is 12.1. The number of halogens is 1. The normalized spacial score (nSPS) is 23.8. The number of piperidine rings is 1. The summed E-state index contributed by atoms with van der Waals surface area (Å²) in [5.41, 5.74) is 3.66. The van der Waals surface area contributed by atoms with Crippen LogP contribution in [0, 0.1) is 0 Å². The van der Waals surface area contributed by atoms with Crippen molar-refractivity contribution in [3.8, 4) is 0 Å². The van der Waals surface area contributed by atoms with Gasteiger partial charge in [0.05, 0.1) is 11.9 Å². The first-order valence-electron chi connectivity index (χ1n) is 7.35. The number of hydrazine groups is 1. The van der Waals surface area contributed by atoms with Gasteiger partial charge in [-0.1, -0.05) is 24.9 Å². The SMILES string of the molecule is CCCn1ncc(NN2C(C)CCCC2C)c(Cl)c1=O. The number of hydrogen-bond acceptors (Lipinski definition) is 4. The number of nitrogens with zero attached hydrogens (tertiary/aromatic N) is 3. The molecule has 0 spiro atoms. The molecule has 1 saturated heterocycles. The van der Waals surface area contributed by atoms with Crippen molar-refractivity contribution in [2.24, 2.45) is 0 Å². The van der Waals surface area contributed by atoms with Crippen LogP contribution in [0.3, 0.4) is 0 Å². The van der Waals surface area contributed by atoms with Crippen LogP contribution in [0.25, 0.3) is 0 Å². The van der Waals surface area contributed by atoms with Gasteiger partial charge in [-0.15, -0.1) is 0 Å². The molecular weight excluding hydrogens is 276 g/mol. The maximum Gasteiger partial charge on any atom is 0.287 e. The lowest BCUT2D eigenvalue weighted by atomic mass is 10.00. The molecule has 112 valence electrons. The summed E-state index contributed by atoms with van der Waals surface area (Å²) in [6.07, 6.45) is 6.04. The smallest absolute Gasteiger partial charge is 0.287 e. The Morgan fingerprint density at radius 1 is 1.40 bits per heavy atom. The Hall–Kier alpha value is -1.07. The Labute approximate surface area is 124 Å². The van der Waals surface area contributed by atoms with Gasteiger partial charge in [-0.2, -0.15) is 5.10 Å². The fraction of sp³-hybridized carbons (Fsp3) is 0.714. The van der Waals surface area contributed by atoms with Crippen molar-refractivity contribution >= 4 is 17.3 Å². The standard InChI is InChI=1S/C14H23ClN4O/c1-4-8-18-14(20)13(15)12(9-16-18)17-19-10(2)6-5-7-11(19)3/h9-11,17H,4-8H2,1-3H3. The molecule has 1 N–H and O–H groups in total. The minimum atomic E-state index is -0.226. The molecule has 0 aliphatic carbocycles. The van der Waals surface area contributed by atoms with Crippen LogP contribution in [-0.4, -0.2) is 26.9 Å². The van der Waals surface area contributed by atoms with E-state index in [1.54, 1.807) is 6.20 Å². The van der Waals surface area contributed by atoms with Gasteiger partial charge in [0.15, 0.2) is 0 Å². The van der Waals surface area contributed by atoms with Gasteiger partial charge >= 0.3 is 0 Å². The Bertz CT molecular complexity index is 506. The first-order chi connectivity index (χ1) is 9.54. The van der Waals surface area contributed by atoms with Crippen molar-refractivity contribution in [2.75, 3.05) is 5.43 Å². The highest BCUT2D eigenvalue weighted by Crippen LogP contribution is 2.25. The summed E-state index contributed by atoms with van der Waals surface area (Å²) in [7, 11) is 0. The zero-order valence-electron chi connectivity index (χ0n) is 12.4. The van der Waals surface area contributed by atoms with E-state index in [4.69, 9.17) is 11.6 Å². The van der Waals surface area contributed by atoms with Crippen molar-refractivity contribution in [1.29, 1.82) is 0 Å². The van der Waals surface area contributed by atoms with Crippen LogP contribution < -0.4 is 11.0 Å². The average Bonchev–Trinajstić information content (AvgIpc) is 2.42. The van der Waals surface area contributed by atoms with Crippen LogP contribution in [0.15, 0.2) is 11.0 Å². The monoisotopic (exact) mass is 298 g/mol. The molecule has 1 fully saturated rings. The molecule has 0 bridgehead atoms. The molecule has 5 nitrogen and oxygen atoms in total. The highest BCUT2D eigenvalue weighted by molar-refractivity contribution is 6.32. The quantitative estimate of drug-likeness (QED) is 0.928. The molecule has 2 unspecified atom stereocenters. The van der Waals surface area contributed by atoms with E-state index in [1.165, 1.54) is 11.1 Å². The highest BCUT2D eigenvalue weighted by Gasteiger charge is 2.25. The topological polar surface area (TPSA) is 50.2 Å². The van der Waals surface area contributed by atoms with Crippen LogP contribution in [0.4, 0.5) is 5.69 Å². The van der Waals surface area contributed by atoms with Gasteiger partial charge in [-0.05, 0) is 33.1 Å². The maximum atomic E-state index is 12.1. The van der Waals surface area contributed by atoms with E-state index in [1.807, 2.05) is 6.92 Å². The third kappa shape index (κ3) is 3.15. The molecule has 0 saturated carbocycles. The molecule has 1 aliphatic heterocycles. The minimum absolute atomic E-state index is 0.221. The molecule has 0 aromatic carbocycles. The summed E-state index contributed by atoms with van der Waals surface area (Å²) < 4.78 is 1.41. The van der Waals surface area contributed by atoms with Gasteiger partial charge in [0, 0.05) is 18.6 Å². The maximum absolute atomic E-state index is 12.1. The molecule has 6 heteroatoms. The predicted molar refractivity (Wildman–Crippen MR) is 82.0 cm³/mol. The lowest BCUT2D eigenvalue weighted by molar-refractivity contribution is 0.135. The van der Waals surface area contributed by atoms with E-state index in [2.05, 4.69) is 29.4 Å². The van der Waals surface area contributed by atoms with E-state index in [0.717, 1.165) is 19.3 Å². The first kappa shape index (κ1) is 15.3.